The van der Waals surface area contributed by atoms with E-state index >= 15 is 0 Å². The molecule has 13 heavy (non-hydrogen) atoms. The van der Waals surface area contributed by atoms with E-state index in [-0.39, 0.29) is 7.12 Å². The van der Waals surface area contributed by atoms with Gasteiger partial charge in [0, 0.05) is 5.02 Å². The van der Waals surface area contributed by atoms with Gasteiger partial charge >= 0.3 is 7.12 Å². The number of hydrogen-bond donors (Lipinski definition) is 0. The molecule has 0 aliphatic carbocycles. The molecule has 1 aromatic rings. The van der Waals surface area contributed by atoms with Crippen molar-refractivity contribution in [3.63, 3.8) is 0 Å². The lowest BCUT2D eigenvalue weighted by Gasteiger charge is -2.05. The van der Waals surface area contributed by atoms with Crippen LogP contribution in [0.3, 0.4) is 0 Å². The number of hydrogen-bond acceptors (Lipinski definition) is 2. The molecule has 0 unspecified atom stereocenters. The fraction of sp³-hybridized carbons (Fsp3) is 0.333. The Labute approximate surface area is 82.9 Å². The van der Waals surface area contributed by atoms with E-state index in [2.05, 4.69) is 0 Å². The fourth-order valence-electron chi connectivity index (χ4n) is 1.31. The zero-order valence-corrected chi connectivity index (χ0v) is 8.17. The highest BCUT2D eigenvalue weighted by Gasteiger charge is 2.26. The van der Waals surface area contributed by atoms with Gasteiger partial charge in [-0.25, -0.2) is 0 Å². The molecule has 68 valence electrons. The normalized spacial score (nSPS) is 16.6. The van der Waals surface area contributed by atoms with Gasteiger partial charge in [0.15, 0.2) is 0 Å². The summed E-state index contributed by atoms with van der Waals surface area (Å²) in [4.78, 5) is 0. The molecular weight excluding hydrogens is 186 g/mol. The first-order valence-electron chi connectivity index (χ1n) is 4.26. The highest BCUT2D eigenvalue weighted by atomic mass is 35.5. The summed E-state index contributed by atoms with van der Waals surface area (Å²) >= 11 is 5.98. The number of halogens is 1. The third-order valence-corrected chi connectivity index (χ3v) is 2.50. The summed E-state index contributed by atoms with van der Waals surface area (Å²) in [5.41, 5.74) is 2.07. The Bertz CT molecular complexity index is 310. The predicted octanol–water partition coefficient (Wildman–Crippen LogP) is 1.39. The van der Waals surface area contributed by atoms with E-state index in [9.17, 15) is 0 Å². The zero-order valence-electron chi connectivity index (χ0n) is 7.42. The molecule has 1 heterocycles. The Morgan fingerprint density at radius 1 is 1.31 bits per heavy atom. The molecule has 0 amide bonds. The molecule has 1 aliphatic rings. The molecule has 4 heteroatoms. The SMILES string of the molecule is Cc1ccc(B2OCCO2)cc1Cl. The summed E-state index contributed by atoms with van der Waals surface area (Å²) < 4.78 is 10.7. The molecule has 0 aromatic heterocycles. The van der Waals surface area contributed by atoms with Crippen LogP contribution in [0.25, 0.3) is 0 Å². The molecule has 0 N–H and O–H groups in total. The minimum Gasteiger partial charge on any atom is -0.405 e. The predicted molar refractivity (Wildman–Crippen MR) is 53.5 cm³/mol. The molecule has 0 atom stereocenters. The Kier molecular flexibility index (Phi) is 2.58. The average Bonchev–Trinajstić information content (AvgIpc) is 2.62. The summed E-state index contributed by atoms with van der Waals surface area (Å²) in [6, 6.07) is 5.85. The van der Waals surface area contributed by atoms with Crippen LogP contribution >= 0.6 is 11.6 Å². The molecule has 2 nitrogen and oxygen atoms in total. The molecule has 0 radical (unpaired) electrons. The van der Waals surface area contributed by atoms with Gasteiger partial charge in [0.05, 0.1) is 13.2 Å². The highest BCUT2D eigenvalue weighted by Crippen LogP contribution is 2.13. The van der Waals surface area contributed by atoms with Gasteiger partial charge in [-0.05, 0) is 24.0 Å². The lowest BCUT2D eigenvalue weighted by Crippen LogP contribution is -2.31. The van der Waals surface area contributed by atoms with Gasteiger partial charge in [-0.3, -0.25) is 0 Å². The summed E-state index contributed by atoms with van der Waals surface area (Å²) in [6.07, 6.45) is 0. The minimum absolute atomic E-state index is 0.224. The van der Waals surface area contributed by atoms with Crippen LogP contribution in [0.15, 0.2) is 18.2 Å². The molecule has 2 rings (SSSR count). The number of benzene rings is 1. The van der Waals surface area contributed by atoms with Crippen molar-refractivity contribution in [1.82, 2.24) is 0 Å². The summed E-state index contributed by atoms with van der Waals surface area (Å²) in [6.45, 7) is 3.30. The van der Waals surface area contributed by atoms with E-state index in [1.54, 1.807) is 0 Å². The zero-order chi connectivity index (χ0) is 9.26. The molecule has 0 saturated carbocycles. The second-order valence-electron chi connectivity index (χ2n) is 3.08. The molecule has 1 aromatic carbocycles. The third kappa shape index (κ3) is 1.88. The van der Waals surface area contributed by atoms with E-state index < -0.39 is 0 Å². The highest BCUT2D eigenvalue weighted by molar-refractivity contribution is 6.62. The third-order valence-electron chi connectivity index (χ3n) is 2.09. The maximum atomic E-state index is 5.98. The molecule has 1 fully saturated rings. The minimum atomic E-state index is -0.224. The second kappa shape index (κ2) is 3.70. The molecule has 1 aliphatic heterocycles. The maximum absolute atomic E-state index is 5.98. The summed E-state index contributed by atoms with van der Waals surface area (Å²) in [5.74, 6) is 0. The Morgan fingerprint density at radius 3 is 2.62 bits per heavy atom. The van der Waals surface area contributed by atoms with Gasteiger partial charge in [-0.2, -0.15) is 0 Å². The van der Waals surface area contributed by atoms with Crippen LogP contribution in [0.2, 0.25) is 5.02 Å². The first-order valence-corrected chi connectivity index (χ1v) is 4.64. The van der Waals surface area contributed by atoms with E-state index in [1.807, 2.05) is 25.1 Å². The van der Waals surface area contributed by atoms with E-state index in [0.717, 1.165) is 16.0 Å². The van der Waals surface area contributed by atoms with Gasteiger partial charge in [-0.1, -0.05) is 23.7 Å². The Hall–Kier alpha value is -0.505. The van der Waals surface area contributed by atoms with Crippen LogP contribution < -0.4 is 5.46 Å². The average molecular weight is 196 g/mol. The van der Waals surface area contributed by atoms with Crippen LogP contribution in [-0.4, -0.2) is 20.3 Å². The van der Waals surface area contributed by atoms with Crippen molar-refractivity contribution in [2.24, 2.45) is 0 Å². The smallest absolute Gasteiger partial charge is 0.405 e. The molecule has 0 spiro atoms. The van der Waals surface area contributed by atoms with E-state index in [0.29, 0.717) is 13.2 Å². The monoisotopic (exact) mass is 196 g/mol. The second-order valence-corrected chi connectivity index (χ2v) is 3.49. The van der Waals surface area contributed by atoms with Gasteiger partial charge < -0.3 is 9.31 Å². The van der Waals surface area contributed by atoms with E-state index in [4.69, 9.17) is 20.9 Å². The van der Waals surface area contributed by atoms with Crippen LogP contribution in [0.5, 0.6) is 0 Å². The maximum Gasteiger partial charge on any atom is 0.494 e. The van der Waals surface area contributed by atoms with Crippen LogP contribution in [0.1, 0.15) is 5.56 Å². The van der Waals surface area contributed by atoms with Crippen molar-refractivity contribution in [3.05, 3.63) is 28.8 Å². The van der Waals surface area contributed by atoms with Crippen LogP contribution in [0, 0.1) is 6.92 Å². The summed E-state index contributed by atoms with van der Waals surface area (Å²) in [7, 11) is -0.224. The molecular formula is C9H10BClO2. The fourth-order valence-corrected chi connectivity index (χ4v) is 1.50. The van der Waals surface area contributed by atoms with Crippen molar-refractivity contribution in [2.75, 3.05) is 13.2 Å². The van der Waals surface area contributed by atoms with Gasteiger partial charge in [0.2, 0.25) is 0 Å². The first-order chi connectivity index (χ1) is 6.27. The van der Waals surface area contributed by atoms with E-state index in [1.165, 1.54) is 0 Å². The molecule has 1 saturated heterocycles. The lowest BCUT2D eigenvalue weighted by atomic mass is 9.79. The van der Waals surface area contributed by atoms with Crippen molar-refractivity contribution in [1.29, 1.82) is 0 Å². The number of aryl methyl sites for hydroxylation is 1. The lowest BCUT2D eigenvalue weighted by molar-refractivity contribution is 0.365. The Balaban J connectivity index is 2.25. The van der Waals surface area contributed by atoms with Crippen molar-refractivity contribution in [3.8, 4) is 0 Å². The van der Waals surface area contributed by atoms with Crippen molar-refractivity contribution >= 4 is 24.2 Å². The standard InChI is InChI=1S/C9H10BClO2/c1-7-2-3-8(6-9(7)11)10-12-4-5-13-10/h2-3,6H,4-5H2,1H3. The first kappa shape index (κ1) is 9.07. The molecule has 0 bridgehead atoms. The van der Waals surface area contributed by atoms with Crippen LogP contribution in [0.4, 0.5) is 0 Å². The van der Waals surface area contributed by atoms with Crippen molar-refractivity contribution < 1.29 is 9.31 Å². The summed E-state index contributed by atoms with van der Waals surface area (Å²) in [5, 5.41) is 0.761. The Morgan fingerprint density at radius 2 is 2.00 bits per heavy atom. The van der Waals surface area contributed by atoms with Gasteiger partial charge in [0.1, 0.15) is 0 Å². The van der Waals surface area contributed by atoms with Gasteiger partial charge in [-0.15, -0.1) is 0 Å². The largest absolute Gasteiger partial charge is 0.494 e. The number of rotatable bonds is 1. The van der Waals surface area contributed by atoms with Crippen LogP contribution in [-0.2, 0) is 9.31 Å². The van der Waals surface area contributed by atoms with Gasteiger partial charge in [0.25, 0.3) is 0 Å². The topological polar surface area (TPSA) is 18.5 Å². The quantitative estimate of drug-likeness (QED) is 0.632. The van der Waals surface area contributed by atoms with Crippen molar-refractivity contribution in [2.45, 2.75) is 6.92 Å².